The molecule has 2 nitrogen and oxygen atoms in total. The van der Waals surface area contributed by atoms with Crippen molar-refractivity contribution >= 4 is 0 Å². The fourth-order valence-electron chi connectivity index (χ4n) is 1.62. The normalized spacial score (nSPS) is 26.9. The zero-order valence-corrected chi connectivity index (χ0v) is 7.09. The molecule has 0 bridgehead atoms. The molecule has 2 N–H and O–H groups in total. The Morgan fingerprint density at radius 3 is 3.00 bits per heavy atom. The minimum absolute atomic E-state index is 0.242. The highest BCUT2D eigenvalue weighted by Gasteiger charge is 2.12. The van der Waals surface area contributed by atoms with Gasteiger partial charge in [-0.2, -0.15) is 0 Å². The van der Waals surface area contributed by atoms with Crippen molar-refractivity contribution in [2.24, 2.45) is 5.92 Å². The van der Waals surface area contributed by atoms with Gasteiger partial charge in [0.25, 0.3) is 0 Å². The van der Waals surface area contributed by atoms with Crippen molar-refractivity contribution in [3.63, 3.8) is 0 Å². The third-order valence-electron chi connectivity index (χ3n) is 2.28. The number of rotatable bonds is 3. The first kappa shape index (κ1) is 8.75. The summed E-state index contributed by atoms with van der Waals surface area (Å²) in [5.41, 5.74) is 2.29. The molecule has 0 fully saturated rings. The highest BCUT2D eigenvalue weighted by Crippen LogP contribution is 2.22. The molecule has 0 aliphatic heterocycles. The summed E-state index contributed by atoms with van der Waals surface area (Å²) >= 11 is 0. The average molecular weight is 155 g/mol. The van der Waals surface area contributed by atoms with E-state index >= 15 is 0 Å². The van der Waals surface area contributed by atoms with Gasteiger partial charge in [0.1, 0.15) is 0 Å². The fourth-order valence-corrected chi connectivity index (χ4v) is 1.62. The standard InChI is InChI=1S/C9H17NO/c1-8(10-11)7-9-5-3-2-4-6-9/h2-3,8-11H,4-7H2,1H3/t8-,9?/m1/s1. The molecule has 11 heavy (non-hydrogen) atoms. The quantitative estimate of drug-likeness (QED) is 0.483. The zero-order chi connectivity index (χ0) is 8.10. The third-order valence-corrected chi connectivity index (χ3v) is 2.28. The Morgan fingerprint density at radius 2 is 2.45 bits per heavy atom. The molecule has 0 heterocycles. The maximum atomic E-state index is 8.60. The monoisotopic (exact) mass is 155 g/mol. The maximum Gasteiger partial charge on any atom is 0.0294 e. The van der Waals surface area contributed by atoms with Crippen molar-refractivity contribution in [1.82, 2.24) is 5.48 Å². The number of nitrogens with one attached hydrogen (secondary N) is 1. The topological polar surface area (TPSA) is 32.3 Å². The number of hydrogen-bond acceptors (Lipinski definition) is 2. The van der Waals surface area contributed by atoms with Crippen LogP contribution in [0.2, 0.25) is 0 Å². The molecular formula is C9H17NO. The lowest BCUT2D eigenvalue weighted by molar-refractivity contribution is 0.119. The molecule has 0 aromatic rings. The van der Waals surface area contributed by atoms with Crippen LogP contribution in [0.25, 0.3) is 0 Å². The summed E-state index contributed by atoms with van der Waals surface area (Å²) in [5, 5.41) is 8.60. The molecule has 2 atom stereocenters. The van der Waals surface area contributed by atoms with Crippen molar-refractivity contribution in [1.29, 1.82) is 0 Å². The van der Waals surface area contributed by atoms with Crippen molar-refractivity contribution < 1.29 is 5.21 Å². The molecule has 64 valence electrons. The van der Waals surface area contributed by atoms with Crippen LogP contribution in [-0.2, 0) is 0 Å². The highest BCUT2D eigenvalue weighted by molar-refractivity contribution is 4.90. The van der Waals surface area contributed by atoms with Crippen LogP contribution < -0.4 is 5.48 Å². The first-order chi connectivity index (χ1) is 5.33. The lowest BCUT2D eigenvalue weighted by Gasteiger charge is -2.20. The number of allylic oxidation sites excluding steroid dienone is 2. The Balaban J connectivity index is 2.20. The van der Waals surface area contributed by atoms with Gasteiger partial charge in [0.05, 0.1) is 0 Å². The lowest BCUT2D eigenvalue weighted by atomic mass is 9.89. The Kier molecular flexibility index (Phi) is 3.60. The van der Waals surface area contributed by atoms with E-state index in [9.17, 15) is 0 Å². The van der Waals surface area contributed by atoms with E-state index in [1.807, 2.05) is 6.92 Å². The Morgan fingerprint density at radius 1 is 1.64 bits per heavy atom. The first-order valence-electron chi connectivity index (χ1n) is 4.37. The van der Waals surface area contributed by atoms with Gasteiger partial charge in [-0.3, -0.25) is 0 Å². The van der Waals surface area contributed by atoms with Crippen LogP contribution in [0.15, 0.2) is 12.2 Å². The van der Waals surface area contributed by atoms with Gasteiger partial charge in [-0.05, 0) is 38.5 Å². The lowest BCUT2D eigenvalue weighted by Crippen LogP contribution is -2.25. The molecule has 0 spiro atoms. The van der Waals surface area contributed by atoms with Gasteiger partial charge in [-0.15, -0.1) is 0 Å². The molecule has 0 aromatic heterocycles. The molecule has 1 unspecified atom stereocenters. The molecule has 0 amide bonds. The van der Waals surface area contributed by atoms with Gasteiger partial charge in [0, 0.05) is 6.04 Å². The molecule has 1 aliphatic rings. The summed E-state index contributed by atoms with van der Waals surface area (Å²) < 4.78 is 0. The second-order valence-electron chi connectivity index (χ2n) is 3.42. The van der Waals surface area contributed by atoms with Crippen molar-refractivity contribution in [3.05, 3.63) is 12.2 Å². The molecular weight excluding hydrogens is 138 g/mol. The number of hydroxylamine groups is 1. The summed E-state index contributed by atoms with van der Waals surface area (Å²) in [6, 6.07) is 0.242. The van der Waals surface area contributed by atoms with E-state index in [2.05, 4.69) is 17.6 Å². The van der Waals surface area contributed by atoms with E-state index in [1.165, 1.54) is 19.3 Å². The fraction of sp³-hybridized carbons (Fsp3) is 0.778. The van der Waals surface area contributed by atoms with Crippen LogP contribution in [0, 0.1) is 5.92 Å². The summed E-state index contributed by atoms with van der Waals surface area (Å²) in [5.74, 6) is 0.773. The maximum absolute atomic E-state index is 8.60. The zero-order valence-electron chi connectivity index (χ0n) is 7.09. The van der Waals surface area contributed by atoms with Crippen LogP contribution in [-0.4, -0.2) is 11.2 Å². The van der Waals surface area contributed by atoms with Crippen molar-refractivity contribution in [2.45, 2.75) is 38.6 Å². The van der Waals surface area contributed by atoms with E-state index in [1.54, 1.807) is 0 Å². The molecule has 0 aromatic carbocycles. The Bertz CT molecular complexity index is 134. The van der Waals surface area contributed by atoms with Gasteiger partial charge in [0.2, 0.25) is 0 Å². The molecule has 2 heteroatoms. The summed E-state index contributed by atoms with van der Waals surface area (Å²) in [6.07, 6.45) is 9.25. The largest absolute Gasteiger partial charge is 0.317 e. The van der Waals surface area contributed by atoms with Crippen LogP contribution >= 0.6 is 0 Å². The molecule has 0 saturated heterocycles. The summed E-state index contributed by atoms with van der Waals surface area (Å²) in [6.45, 7) is 2.01. The van der Waals surface area contributed by atoms with Crippen molar-refractivity contribution in [2.75, 3.05) is 0 Å². The number of hydrogen-bond donors (Lipinski definition) is 2. The van der Waals surface area contributed by atoms with Gasteiger partial charge >= 0.3 is 0 Å². The SMILES string of the molecule is C[C@H](CC1CC=CCC1)NO. The van der Waals surface area contributed by atoms with E-state index in [0.29, 0.717) is 0 Å². The molecule has 1 rings (SSSR count). The highest BCUT2D eigenvalue weighted by atomic mass is 16.5. The van der Waals surface area contributed by atoms with Crippen LogP contribution in [0.1, 0.15) is 32.6 Å². The van der Waals surface area contributed by atoms with Crippen molar-refractivity contribution in [3.8, 4) is 0 Å². The Labute approximate surface area is 68.3 Å². The second kappa shape index (κ2) is 4.52. The van der Waals surface area contributed by atoms with E-state index in [4.69, 9.17) is 5.21 Å². The van der Waals surface area contributed by atoms with Crippen LogP contribution in [0.5, 0.6) is 0 Å². The summed E-state index contributed by atoms with van der Waals surface area (Å²) in [7, 11) is 0. The predicted molar refractivity (Wildman–Crippen MR) is 45.5 cm³/mol. The average Bonchev–Trinajstić information content (AvgIpc) is 2.06. The minimum Gasteiger partial charge on any atom is -0.317 e. The molecule has 0 radical (unpaired) electrons. The predicted octanol–water partition coefficient (Wildman–Crippen LogP) is 2.10. The molecule has 0 saturated carbocycles. The third kappa shape index (κ3) is 3.04. The van der Waals surface area contributed by atoms with Crippen LogP contribution in [0.4, 0.5) is 0 Å². The second-order valence-corrected chi connectivity index (χ2v) is 3.42. The van der Waals surface area contributed by atoms with Gasteiger partial charge < -0.3 is 5.21 Å². The first-order valence-corrected chi connectivity index (χ1v) is 4.37. The van der Waals surface area contributed by atoms with E-state index in [-0.39, 0.29) is 6.04 Å². The van der Waals surface area contributed by atoms with E-state index in [0.717, 1.165) is 12.3 Å². The molecule has 1 aliphatic carbocycles. The smallest absolute Gasteiger partial charge is 0.0294 e. The summed E-state index contributed by atoms with van der Waals surface area (Å²) in [4.78, 5) is 0. The van der Waals surface area contributed by atoms with Gasteiger partial charge in [-0.25, -0.2) is 5.48 Å². The van der Waals surface area contributed by atoms with E-state index < -0.39 is 0 Å². The van der Waals surface area contributed by atoms with Gasteiger partial charge in [0.15, 0.2) is 0 Å². The Hall–Kier alpha value is -0.340. The van der Waals surface area contributed by atoms with Crippen LogP contribution in [0.3, 0.4) is 0 Å². The minimum atomic E-state index is 0.242. The van der Waals surface area contributed by atoms with Gasteiger partial charge in [-0.1, -0.05) is 12.2 Å².